The largest absolute Gasteiger partial charge is 0.320 e. The number of rotatable bonds is 2. The van der Waals surface area contributed by atoms with Crippen LogP contribution in [0, 0.1) is 13.8 Å². The standard InChI is InChI=1S/C11H12BrNS2/c1-6-4-14-5-9(6)11(13)8-3-10(12)15-7(8)2/h3-5,11H,13H2,1-2H3. The minimum absolute atomic E-state index is 0.0128. The molecule has 0 radical (unpaired) electrons. The van der Waals surface area contributed by atoms with Gasteiger partial charge in [-0.05, 0) is 63.3 Å². The highest BCUT2D eigenvalue weighted by molar-refractivity contribution is 9.11. The second kappa shape index (κ2) is 4.37. The van der Waals surface area contributed by atoms with Gasteiger partial charge in [-0.25, -0.2) is 0 Å². The Hall–Kier alpha value is -0.160. The summed E-state index contributed by atoms with van der Waals surface area (Å²) in [5.41, 5.74) is 10.0. The smallest absolute Gasteiger partial charge is 0.0704 e. The van der Waals surface area contributed by atoms with Gasteiger partial charge < -0.3 is 5.73 Å². The van der Waals surface area contributed by atoms with Crippen LogP contribution < -0.4 is 5.73 Å². The zero-order valence-electron chi connectivity index (χ0n) is 8.58. The van der Waals surface area contributed by atoms with Crippen molar-refractivity contribution < 1.29 is 0 Å². The average molecular weight is 302 g/mol. The molecule has 15 heavy (non-hydrogen) atoms. The van der Waals surface area contributed by atoms with Gasteiger partial charge in [0.2, 0.25) is 0 Å². The molecule has 1 nitrogen and oxygen atoms in total. The molecule has 0 spiro atoms. The van der Waals surface area contributed by atoms with Gasteiger partial charge in [-0.15, -0.1) is 11.3 Å². The molecule has 0 amide bonds. The van der Waals surface area contributed by atoms with Crippen LogP contribution in [-0.2, 0) is 0 Å². The summed E-state index contributed by atoms with van der Waals surface area (Å²) in [5.74, 6) is 0. The summed E-state index contributed by atoms with van der Waals surface area (Å²) in [7, 11) is 0. The molecule has 0 aliphatic rings. The number of aryl methyl sites for hydroxylation is 2. The molecule has 0 saturated carbocycles. The van der Waals surface area contributed by atoms with Gasteiger partial charge in [0.15, 0.2) is 0 Å². The average Bonchev–Trinajstić information content (AvgIpc) is 2.71. The zero-order chi connectivity index (χ0) is 11.0. The molecule has 80 valence electrons. The summed E-state index contributed by atoms with van der Waals surface area (Å²) in [6.45, 7) is 4.23. The van der Waals surface area contributed by atoms with Crippen LogP contribution in [0.2, 0.25) is 0 Å². The van der Waals surface area contributed by atoms with Crippen molar-refractivity contribution in [1.29, 1.82) is 0 Å². The van der Waals surface area contributed by atoms with E-state index in [4.69, 9.17) is 5.73 Å². The monoisotopic (exact) mass is 301 g/mol. The van der Waals surface area contributed by atoms with Crippen molar-refractivity contribution in [1.82, 2.24) is 0 Å². The molecule has 0 aliphatic carbocycles. The fourth-order valence-electron chi connectivity index (χ4n) is 1.62. The summed E-state index contributed by atoms with van der Waals surface area (Å²) in [6.07, 6.45) is 0. The quantitative estimate of drug-likeness (QED) is 0.882. The maximum Gasteiger partial charge on any atom is 0.0704 e. The highest BCUT2D eigenvalue weighted by atomic mass is 79.9. The molecule has 1 unspecified atom stereocenters. The summed E-state index contributed by atoms with van der Waals surface area (Å²) in [4.78, 5) is 1.29. The molecule has 0 aromatic carbocycles. The van der Waals surface area contributed by atoms with E-state index in [-0.39, 0.29) is 6.04 Å². The van der Waals surface area contributed by atoms with E-state index in [1.54, 1.807) is 22.7 Å². The van der Waals surface area contributed by atoms with Crippen LogP contribution in [0.3, 0.4) is 0 Å². The Morgan fingerprint density at radius 1 is 1.27 bits per heavy atom. The third kappa shape index (κ3) is 2.18. The predicted octanol–water partition coefficient (Wildman–Crippen LogP) is 4.24. The van der Waals surface area contributed by atoms with Crippen LogP contribution in [0.25, 0.3) is 0 Å². The van der Waals surface area contributed by atoms with E-state index in [2.05, 4.69) is 46.6 Å². The van der Waals surface area contributed by atoms with Gasteiger partial charge in [0.25, 0.3) is 0 Å². The number of hydrogen-bond acceptors (Lipinski definition) is 3. The number of thiophene rings is 2. The van der Waals surface area contributed by atoms with E-state index in [0.717, 1.165) is 3.79 Å². The van der Waals surface area contributed by atoms with Crippen molar-refractivity contribution in [2.75, 3.05) is 0 Å². The van der Waals surface area contributed by atoms with Crippen molar-refractivity contribution in [2.24, 2.45) is 5.73 Å². The normalized spacial score (nSPS) is 13.1. The van der Waals surface area contributed by atoms with E-state index in [9.17, 15) is 0 Å². The summed E-state index contributed by atoms with van der Waals surface area (Å²) in [5, 5.41) is 4.29. The van der Waals surface area contributed by atoms with Crippen molar-refractivity contribution >= 4 is 38.6 Å². The summed E-state index contributed by atoms with van der Waals surface area (Å²) in [6, 6.07) is 2.14. The number of halogens is 1. The van der Waals surface area contributed by atoms with Gasteiger partial charge in [-0.1, -0.05) is 0 Å². The molecule has 0 bridgehead atoms. The van der Waals surface area contributed by atoms with Crippen molar-refractivity contribution in [3.8, 4) is 0 Å². The van der Waals surface area contributed by atoms with E-state index in [1.165, 1.54) is 21.6 Å². The van der Waals surface area contributed by atoms with Gasteiger partial charge in [-0.3, -0.25) is 0 Å². The van der Waals surface area contributed by atoms with Crippen LogP contribution in [0.15, 0.2) is 20.6 Å². The Kier molecular flexibility index (Phi) is 3.30. The Labute approximate surface area is 106 Å². The first-order valence-corrected chi connectivity index (χ1v) is 7.19. The van der Waals surface area contributed by atoms with Crippen LogP contribution in [0.5, 0.6) is 0 Å². The van der Waals surface area contributed by atoms with Crippen LogP contribution >= 0.6 is 38.6 Å². The van der Waals surface area contributed by atoms with Crippen LogP contribution in [-0.4, -0.2) is 0 Å². The van der Waals surface area contributed by atoms with Gasteiger partial charge in [0.05, 0.1) is 9.83 Å². The molecule has 0 fully saturated rings. The minimum Gasteiger partial charge on any atom is -0.320 e. The third-order valence-electron chi connectivity index (χ3n) is 2.49. The van der Waals surface area contributed by atoms with Crippen LogP contribution in [0.4, 0.5) is 0 Å². The highest BCUT2D eigenvalue weighted by Gasteiger charge is 2.16. The molecular formula is C11H12BrNS2. The molecular weight excluding hydrogens is 290 g/mol. The molecule has 2 N–H and O–H groups in total. The van der Waals surface area contributed by atoms with Crippen LogP contribution in [0.1, 0.15) is 27.6 Å². The SMILES string of the molecule is Cc1cscc1C(N)c1cc(Br)sc1C. The van der Waals surface area contributed by atoms with Gasteiger partial charge in [0, 0.05) is 4.88 Å². The van der Waals surface area contributed by atoms with Gasteiger partial charge in [-0.2, -0.15) is 11.3 Å². The van der Waals surface area contributed by atoms with E-state index in [0.29, 0.717) is 0 Å². The zero-order valence-corrected chi connectivity index (χ0v) is 11.8. The molecule has 1 atom stereocenters. The summed E-state index contributed by atoms with van der Waals surface area (Å²) >= 11 is 6.95. The Bertz CT molecular complexity index is 473. The number of hydrogen-bond donors (Lipinski definition) is 1. The van der Waals surface area contributed by atoms with Gasteiger partial charge >= 0.3 is 0 Å². The Balaban J connectivity index is 2.40. The molecule has 2 heterocycles. The second-order valence-electron chi connectivity index (χ2n) is 3.55. The molecule has 0 saturated heterocycles. The molecule has 0 aliphatic heterocycles. The third-order valence-corrected chi connectivity index (χ3v) is 4.94. The number of nitrogens with two attached hydrogens (primary N) is 1. The van der Waals surface area contributed by atoms with E-state index in [1.807, 2.05) is 0 Å². The first-order chi connectivity index (χ1) is 7.09. The fraction of sp³-hybridized carbons (Fsp3) is 0.273. The molecule has 2 aromatic rings. The predicted molar refractivity (Wildman–Crippen MR) is 71.8 cm³/mol. The molecule has 2 rings (SSSR count). The Morgan fingerprint density at radius 3 is 2.47 bits per heavy atom. The van der Waals surface area contributed by atoms with E-state index < -0.39 is 0 Å². The molecule has 2 aromatic heterocycles. The van der Waals surface area contributed by atoms with Gasteiger partial charge in [0.1, 0.15) is 0 Å². The lowest BCUT2D eigenvalue weighted by atomic mass is 10.0. The molecule has 4 heteroatoms. The second-order valence-corrected chi connectivity index (χ2v) is 6.93. The van der Waals surface area contributed by atoms with Crippen molar-refractivity contribution in [3.63, 3.8) is 0 Å². The summed E-state index contributed by atoms with van der Waals surface area (Å²) < 4.78 is 1.15. The van der Waals surface area contributed by atoms with Crippen molar-refractivity contribution in [2.45, 2.75) is 19.9 Å². The van der Waals surface area contributed by atoms with Crippen molar-refractivity contribution in [3.05, 3.63) is 42.2 Å². The lowest BCUT2D eigenvalue weighted by Gasteiger charge is -2.11. The fourth-order valence-corrected chi connectivity index (χ4v) is 4.27. The Morgan fingerprint density at radius 2 is 2.00 bits per heavy atom. The highest BCUT2D eigenvalue weighted by Crippen LogP contribution is 2.34. The lowest BCUT2D eigenvalue weighted by Crippen LogP contribution is -2.12. The maximum atomic E-state index is 6.27. The maximum absolute atomic E-state index is 6.27. The minimum atomic E-state index is 0.0128. The van der Waals surface area contributed by atoms with E-state index >= 15 is 0 Å². The first-order valence-electron chi connectivity index (χ1n) is 4.63. The first kappa shape index (κ1) is 11.3. The topological polar surface area (TPSA) is 26.0 Å². The lowest BCUT2D eigenvalue weighted by molar-refractivity contribution is 0.865.